The van der Waals surface area contributed by atoms with Crippen molar-refractivity contribution in [2.75, 3.05) is 26.4 Å². The minimum absolute atomic E-state index is 0. The third-order valence-corrected chi connectivity index (χ3v) is 6.73. The average molecular weight is 587 g/mol. The van der Waals surface area contributed by atoms with E-state index >= 15 is 0 Å². The zero-order chi connectivity index (χ0) is 30.2. The topological polar surface area (TPSA) is 71.1 Å². The molecule has 0 amide bonds. The molecule has 0 aromatic heterocycles. The fourth-order valence-corrected chi connectivity index (χ4v) is 4.73. The second-order valence-electron chi connectivity index (χ2n) is 10.6. The van der Waals surface area contributed by atoms with Crippen molar-refractivity contribution < 1.29 is 28.5 Å². The van der Waals surface area contributed by atoms with Crippen molar-refractivity contribution in [3.8, 4) is 11.5 Å². The molecular formula is C37H46O6. The summed E-state index contributed by atoms with van der Waals surface area (Å²) in [5, 5.41) is 0. The van der Waals surface area contributed by atoms with Crippen LogP contribution in [0.15, 0.2) is 98.1 Å². The van der Waals surface area contributed by atoms with Crippen molar-refractivity contribution in [1.82, 2.24) is 0 Å². The Balaban J connectivity index is 0.00000645. The summed E-state index contributed by atoms with van der Waals surface area (Å²) in [5.41, 5.74) is 5.24. The number of benzene rings is 3. The van der Waals surface area contributed by atoms with Gasteiger partial charge in [-0.25, -0.2) is 9.59 Å². The van der Waals surface area contributed by atoms with E-state index < -0.39 is 11.9 Å². The van der Waals surface area contributed by atoms with Crippen LogP contribution < -0.4 is 9.47 Å². The highest BCUT2D eigenvalue weighted by atomic mass is 16.6. The van der Waals surface area contributed by atoms with Gasteiger partial charge in [-0.2, -0.15) is 0 Å². The number of carbonyl (C=O) groups excluding carboxylic acids is 2. The molecule has 0 radical (unpaired) electrons. The van der Waals surface area contributed by atoms with Crippen LogP contribution in [0.25, 0.3) is 0 Å². The SMILES string of the molecule is C.C=CC(=O)OCCOc1ccc(CC(C)Cc2ccc(CC(C)Cc3ccc(OCCOC(=O)C=C)cc3)cc2)cc1. The van der Waals surface area contributed by atoms with E-state index in [2.05, 4.69) is 75.5 Å². The molecule has 0 aliphatic rings. The zero-order valence-corrected chi connectivity index (χ0v) is 24.8. The van der Waals surface area contributed by atoms with Crippen LogP contribution in [0.1, 0.15) is 43.5 Å². The monoisotopic (exact) mass is 586 g/mol. The van der Waals surface area contributed by atoms with E-state index in [4.69, 9.17) is 18.9 Å². The lowest BCUT2D eigenvalue weighted by atomic mass is 9.91. The van der Waals surface area contributed by atoms with Crippen LogP contribution in [-0.4, -0.2) is 38.4 Å². The average Bonchev–Trinajstić information content (AvgIpc) is 2.99. The lowest BCUT2D eigenvalue weighted by Crippen LogP contribution is -2.10. The molecule has 3 rings (SSSR count). The van der Waals surface area contributed by atoms with Gasteiger partial charge in [-0.15, -0.1) is 0 Å². The van der Waals surface area contributed by atoms with Crippen molar-refractivity contribution >= 4 is 11.9 Å². The Bertz CT molecular complexity index is 1160. The number of rotatable bonds is 18. The number of ether oxygens (including phenoxy) is 4. The van der Waals surface area contributed by atoms with Gasteiger partial charge in [-0.3, -0.25) is 0 Å². The van der Waals surface area contributed by atoms with E-state index in [1.54, 1.807) is 0 Å². The summed E-state index contributed by atoms with van der Waals surface area (Å²) in [6.07, 6.45) is 6.31. The molecule has 0 saturated carbocycles. The Morgan fingerprint density at radius 3 is 1.12 bits per heavy atom. The maximum absolute atomic E-state index is 11.1. The van der Waals surface area contributed by atoms with Crippen LogP contribution in [-0.2, 0) is 44.7 Å². The molecule has 43 heavy (non-hydrogen) atoms. The molecule has 3 aromatic carbocycles. The van der Waals surface area contributed by atoms with Gasteiger partial charge in [0.25, 0.3) is 0 Å². The number of esters is 2. The van der Waals surface area contributed by atoms with E-state index in [0.717, 1.165) is 49.3 Å². The van der Waals surface area contributed by atoms with Gasteiger partial charge in [-0.1, -0.05) is 83.0 Å². The molecule has 6 nitrogen and oxygen atoms in total. The van der Waals surface area contributed by atoms with Crippen LogP contribution in [0, 0.1) is 11.8 Å². The van der Waals surface area contributed by atoms with Crippen LogP contribution in [0.2, 0.25) is 0 Å². The molecule has 230 valence electrons. The summed E-state index contributed by atoms with van der Waals surface area (Å²) < 4.78 is 21.1. The predicted molar refractivity (Wildman–Crippen MR) is 173 cm³/mol. The van der Waals surface area contributed by atoms with Crippen molar-refractivity contribution in [3.63, 3.8) is 0 Å². The number of hydrogen-bond acceptors (Lipinski definition) is 6. The fraction of sp³-hybridized carbons (Fsp3) is 0.351. The van der Waals surface area contributed by atoms with Crippen LogP contribution in [0.5, 0.6) is 11.5 Å². The van der Waals surface area contributed by atoms with Gasteiger partial charge in [0.05, 0.1) is 0 Å². The quantitative estimate of drug-likeness (QED) is 0.0880. The highest BCUT2D eigenvalue weighted by Crippen LogP contribution is 2.21. The maximum atomic E-state index is 11.1. The van der Waals surface area contributed by atoms with Crippen LogP contribution >= 0.6 is 0 Å². The lowest BCUT2D eigenvalue weighted by Gasteiger charge is -2.15. The van der Waals surface area contributed by atoms with Gasteiger partial charge in [0.1, 0.15) is 37.9 Å². The minimum atomic E-state index is -0.443. The van der Waals surface area contributed by atoms with Gasteiger partial charge < -0.3 is 18.9 Å². The fourth-order valence-electron chi connectivity index (χ4n) is 4.73. The van der Waals surface area contributed by atoms with Crippen molar-refractivity contribution in [3.05, 3.63) is 120 Å². The molecule has 0 N–H and O–H groups in total. The smallest absolute Gasteiger partial charge is 0.330 e. The highest BCUT2D eigenvalue weighted by Gasteiger charge is 2.09. The van der Waals surface area contributed by atoms with Gasteiger partial charge in [0.15, 0.2) is 0 Å². The van der Waals surface area contributed by atoms with E-state index in [1.807, 2.05) is 24.3 Å². The van der Waals surface area contributed by atoms with Gasteiger partial charge in [-0.05, 0) is 84.0 Å². The molecule has 6 heteroatoms. The molecule has 0 aliphatic heterocycles. The summed E-state index contributed by atoms with van der Waals surface area (Å²) in [6, 6.07) is 25.2. The van der Waals surface area contributed by atoms with E-state index in [0.29, 0.717) is 25.0 Å². The Kier molecular flexibility index (Phi) is 15.4. The number of hydrogen-bond donors (Lipinski definition) is 0. The predicted octanol–water partition coefficient (Wildman–Crippen LogP) is 7.38. The zero-order valence-electron chi connectivity index (χ0n) is 24.8. The summed E-state index contributed by atoms with van der Waals surface area (Å²) in [7, 11) is 0. The molecule has 0 aliphatic carbocycles. The lowest BCUT2D eigenvalue weighted by molar-refractivity contribution is -0.139. The summed E-state index contributed by atoms with van der Waals surface area (Å²) >= 11 is 0. The second kappa shape index (κ2) is 19.0. The van der Waals surface area contributed by atoms with E-state index in [-0.39, 0.29) is 20.6 Å². The first kappa shape index (κ1) is 34.9. The standard InChI is InChI=1S/C36H42O6.CH4/c1-5-35(37)41-21-19-39-33-15-11-31(12-16-33)25-27(3)23-29-7-9-30(10-8-29)24-28(4)26-32-13-17-34(18-14-32)40-20-22-42-36(38)6-2;/h5-18,27-28H,1-2,19-26H2,3-4H3;1H4. The molecule has 0 bridgehead atoms. The molecule has 0 saturated heterocycles. The van der Waals surface area contributed by atoms with Crippen molar-refractivity contribution in [1.29, 1.82) is 0 Å². The first-order chi connectivity index (χ1) is 20.3. The Hall–Kier alpha value is -4.32. The minimum Gasteiger partial charge on any atom is -0.490 e. The Morgan fingerprint density at radius 2 is 0.837 bits per heavy atom. The maximum Gasteiger partial charge on any atom is 0.330 e. The first-order valence-electron chi connectivity index (χ1n) is 14.4. The summed E-state index contributed by atoms with van der Waals surface area (Å²) in [5.74, 6) is 1.65. The largest absolute Gasteiger partial charge is 0.490 e. The van der Waals surface area contributed by atoms with Crippen LogP contribution in [0.4, 0.5) is 0 Å². The van der Waals surface area contributed by atoms with Crippen molar-refractivity contribution in [2.45, 2.75) is 47.0 Å². The van der Waals surface area contributed by atoms with Gasteiger partial charge in [0.2, 0.25) is 0 Å². The second-order valence-corrected chi connectivity index (χ2v) is 10.6. The third-order valence-electron chi connectivity index (χ3n) is 6.73. The first-order valence-corrected chi connectivity index (χ1v) is 14.4. The molecule has 0 spiro atoms. The summed E-state index contributed by atoms with van der Waals surface area (Å²) in [6.45, 7) is 12.3. The normalized spacial score (nSPS) is 11.8. The van der Waals surface area contributed by atoms with E-state index in [9.17, 15) is 9.59 Å². The van der Waals surface area contributed by atoms with Crippen LogP contribution in [0.3, 0.4) is 0 Å². The molecule has 0 fully saturated rings. The third kappa shape index (κ3) is 13.5. The molecular weight excluding hydrogens is 540 g/mol. The van der Waals surface area contributed by atoms with Gasteiger partial charge >= 0.3 is 11.9 Å². The summed E-state index contributed by atoms with van der Waals surface area (Å²) in [4.78, 5) is 22.1. The Labute approximate surface area is 257 Å². The molecule has 3 aromatic rings. The number of carbonyl (C=O) groups is 2. The Morgan fingerprint density at radius 1 is 0.558 bits per heavy atom. The van der Waals surface area contributed by atoms with E-state index in [1.165, 1.54) is 22.3 Å². The highest BCUT2D eigenvalue weighted by molar-refractivity contribution is 5.81. The molecule has 2 atom stereocenters. The molecule has 0 heterocycles. The molecule has 2 unspecified atom stereocenters. The van der Waals surface area contributed by atoms with Gasteiger partial charge in [0, 0.05) is 12.2 Å². The van der Waals surface area contributed by atoms with Crippen molar-refractivity contribution in [2.24, 2.45) is 11.8 Å².